The van der Waals surface area contributed by atoms with Crippen molar-refractivity contribution in [3.05, 3.63) is 90.4 Å². The van der Waals surface area contributed by atoms with Gasteiger partial charge in [0.25, 0.3) is 5.91 Å². The number of methoxy groups -OCH3 is 1. The molecule has 0 spiro atoms. The van der Waals surface area contributed by atoms with Crippen molar-refractivity contribution in [1.82, 2.24) is 14.7 Å². The molecule has 0 saturated heterocycles. The predicted octanol–water partition coefficient (Wildman–Crippen LogP) is 3.73. The summed E-state index contributed by atoms with van der Waals surface area (Å²) in [6.07, 6.45) is 3.88. The number of rotatable bonds is 9. The van der Waals surface area contributed by atoms with Gasteiger partial charge in [-0.05, 0) is 48.5 Å². The molecule has 31 heavy (non-hydrogen) atoms. The molecule has 7 nitrogen and oxygen atoms in total. The van der Waals surface area contributed by atoms with Crippen LogP contribution >= 0.6 is 0 Å². The van der Waals surface area contributed by atoms with Gasteiger partial charge in [0.15, 0.2) is 11.5 Å². The minimum absolute atomic E-state index is 0.171. The molecule has 2 heterocycles. The van der Waals surface area contributed by atoms with Gasteiger partial charge in [0.1, 0.15) is 24.6 Å². The number of hydrogen-bond acceptors (Lipinski definition) is 5. The van der Waals surface area contributed by atoms with Crippen LogP contribution in [0.25, 0.3) is 5.65 Å². The minimum atomic E-state index is -0.171. The standard InChI is InChI=1S/C24H23N3O4/c1-29-21-6-2-3-7-22(21)30-15-13-25-24(28)18-9-11-20(12-10-18)31-17-19-16-27-14-5-4-8-23(27)26-19/h2-12,14,16H,13,15,17H2,1H3,(H,25,28). The van der Waals surface area contributed by atoms with Crippen LogP contribution in [0.15, 0.2) is 79.1 Å². The summed E-state index contributed by atoms with van der Waals surface area (Å²) in [4.78, 5) is 16.8. The molecule has 0 aliphatic carbocycles. The van der Waals surface area contributed by atoms with E-state index < -0.39 is 0 Å². The summed E-state index contributed by atoms with van der Waals surface area (Å²) in [5.74, 6) is 1.81. The molecule has 0 bridgehead atoms. The van der Waals surface area contributed by atoms with Gasteiger partial charge in [0.05, 0.1) is 19.3 Å². The largest absolute Gasteiger partial charge is 0.493 e. The molecule has 4 rings (SSSR count). The van der Waals surface area contributed by atoms with E-state index in [1.807, 2.05) is 59.3 Å². The fraction of sp³-hybridized carbons (Fsp3) is 0.167. The van der Waals surface area contributed by atoms with Crippen LogP contribution in [0.5, 0.6) is 17.2 Å². The topological polar surface area (TPSA) is 74.1 Å². The third-order valence-corrected chi connectivity index (χ3v) is 4.63. The van der Waals surface area contributed by atoms with Gasteiger partial charge in [0, 0.05) is 18.0 Å². The van der Waals surface area contributed by atoms with Crippen LogP contribution in [-0.4, -0.2) is 35.6 Å². The van der Waals surface area contributed by atoms with Gasteiger partial charge in [-0.15, -0.1) is 0 Å². The zero-order chi connectivity index (χ0) is 21.5. The average molecular weight is 417 g/mol. The van der Waals surface area contributed by atoms with Crippen molar-refractivity contribution in [1.29, 1.82) is 0 Å². The van der Waals surface area contributed by atoms with E-state index in [2.05, 4.69) is 10.3 Å². The number of aromatic nitrogens is 2. The molecule has 0 fully saturated rings. The van der Waals surface area contributed by atoms with Gasteiger partial charge in [-0.25, -0.2) is 4.98 Å². The first-order chi connectivity index (χ1) is 15.2. The molecule has 0 unspecified atom stereocenters. The number of fused-ring (bicyclic) bond motifs is 1. The van der Waals surface area contributed by atoms with E-state index in [1.165, 1.54) is 0 Å². The van der Waals surface area contributed by atoms with Crippen molar-refractivity contribution < 1.29 is 19.0 Å². The van der Waals surface area contributed by atoms with Gasteiger partial charge in [-0.2, -0.15) is 0 Å². The lowest BCUT2D eigenvalue weighted by Gasteiger charge is -2.11. The average Bonchev–Trinajstić information content (AvgIpc) is 3.24. The van der Waals surface area contributed by atoms with E-state index in [1.54, 1.807) is 31.4 Å². The first kappa shape index (κ1) is 20.3. The Kier molecular flexibility index (Phi) is 6.32. The third-order valence-electron chi connectivity index (χ3n) is 4.63. The van der Waals surface area contributed by atoms with E-state index in [0.717, 1.165) is 11.3 Å². The lowest BCUT2D eigenvalue weighted by Crippen LogP contribution is -2.28. The summed E-state index contributed by atoms with van der Waals surface area (Å²) in [6.45, 7) is 1.07. The number of para-hydroxylation sites is 2. The summed E-state index contributed by atoms with van der Waals surface area (Å²) in [5, 5.41) is 2.84. The first-order valence-electron chi connectivity index (χ1n) is 9.92. The number of ether oxygens (including phenoxy) is 3. The molecule has 0 atom stereocenters. The van der Waals surface area contributed by atoms with Crippen LogP contribution in [0.3, 0.4) is 0 Å². The third kappa shape index (κ3) is 5.14. The fourth-order valence-electron chi connectivity index (χ4n) is 3.08. The van der Waals surface area contributed by atoms with E-state index in [0.29, 0.717) is 42.6 Å². The molecule has 1 amide bonds. The number of carbonyl (C=O) groups is 1. The Morgan fingerprint density at radius 3 is 2.52 bits per heavy atom. The van der Waals surface area contributed by atoms with Gasteiger partial charge >= 0.3 is 0 Å². The van der Waals surface area contributed by atoms with Crippen LogP contribution < -0.4 is 19.5 Å². The maximum absolute atomic E-state index is 12.3. The fourth-order valence-corrected chi connectivity index (χ4v) is 3.08. The molecule has 7 heteroatoms. The smallest absolute Gasteiger partial charge is 0.251 e. The molecule has 4 aromatic rings. The molecule has 0 saturated carbocycles. The van der Waals surface area contributed by atoms with Crippen LogP contribution in [-0.2, 0) is 6.61 Å². The van der Waals surface area contributed by atoms with Crippen molar-refractivity contribution in [2.45, 2.75) is 6.61 Å². The number of nitrogens with zero attached hydrogens (tertiary/aromatic N) is 2. The second kappa shape index (κ2) is 9.67. The zero-order valence-electron chi connectivity index (χ0n) is 17.2. The van der Waals surface area contributed by atoms with Gasteiger partial charge in [-0.3, -0.25) is 4.79 Å². The quantitative estimate of drug-likeness (QED) is 0.420. The molecular formula is C24H23N3O4. The second-order valence-electron chi connectivity index (χ2n) is 6.77. The van der Waals surface area contributed by atoms with Gasteiger partial charge in [-0.1, -0.05) is 18.2 Å². The highest BCUT2D eigenvalue weighted by molar-refractivity contribution is 5.94. The molecule has 158 valence electrons. The number of amides is 1. The van der Waals surface area contributed by atoms with Crippen LogP contribution in [0, 0.1) is 0 Å². The maximum atomic E-state index is 12.3. The first-order valence-corrected chi connectivity index (χ1v) is 9.92. The summed E-state index contributed by atoms with van der Waals surface area (Å²) in [5.41, 5.74) is 2.27. The summed E-state index contributed by atoms with van der Waals surface area (Å²) in [7, 11) is 1.59. The number of carbonyl (C=O) groups excluding carboxylic acids is 1. The van der Waals surface area contributed by atoms with Crippen LogP contribution in [0.2, 0.25) is 0 Å². The minimum Gasteiger partial charge on any atom is -0.493 e. The van der Waals surface area contributed by atoms with Crippen molar-refractivity contribution in [3.63, 3.8) is 0 Å². The Bertz CT molecular complexity index is 1120. The van der Waals surface area contributed by atoms with Crippen molar-refractivity contribution in [3.8, 4) is 17.2 Å². The molecule has 0 aliphatic rings. The number of nitrogens with one attached hydrogen (secondary N) is 1. The van der Waals surface area contributed by atoms with E-state index in [-0.39, 0.29) is 5.91 Å². The molecule has 2 aromatic heterocycles. The van der Waals surface area contributed by atoms with Crippen molar-refractivity contribution in [2.24, 2.45) is 0 Å². The Balaban J connectivity index is 1.24. The Labute approximate surface area is 180 Å². The van der Waals surface area contributed by atoms with E-state index in [9.17, 15) is 4.79 Å². The molecular weight excluding hydrogens is 394 g/mol. The Morgan fingerprint density at radius 1 is 0.968 bits per heavy atom. The monoisotopic (exact) mass is 417 g/mol. The highest BCUT2D eigenvalue weighted by Gasteiger charge is 2.07. The number of imidazole rings is 1. The van der Waals surface area contributed by atoms with E-state index >= 15 is 0 Å². The maximum Gasteiger partial charge on any atom is 0.251 e. The van der Waals surface area contributed by atoms with Gasteiger partial charge in [0.2, 0.25) is 0 Å². The number of hydrogen-bond donors (Lipinski definition) is 1. The van der Waals surface area contributed by atoms with Crippen molar-refractivity contribution in [2.75, 3.05) is 20.3 Å². The molecule has 2 aromatic carbocycles. The summed E-state index contributed by atoms with van der Waals surface area (Å²) in [6, 6.07) is 20.2. The number of benzene rings is 2. The predicted molar refractivity (Wildman–Crippen MR) is 117 cm³/mol. The lowest BCUT2D eigenvalue weighted by atomic mass is 10.2. The highest BCUT2D eigenvalue weighted by Crippen LogP contribution is 2.25. The molecule has 0 radical (unpaired) electrons. The molecule has 1 N–H and O–H groups in total. The lowest BCUT2D eigenvalue weighted by molar-refractivity contribution is 0.0946. The Morgan fingerprint density at radius 2 is 1.74 bits per heavy atom. The normalized spacial score (nSPS) is 10.6. The Hall–Kier alpha value is -4.00. The number of pyridine rings is 1. The zero-order valence-corrected chi connectivity index (χ0v) is 17.2. The summed E-state index contributed by atoms with van der Waals surface area (Å²) < 4.78 is 18.6. The SMILES string of the molecule is COc1ccccc1OCCNC(=O)c1ccc(OCc2cn3ccccc3n2)cc1. The van der Waals surface area contributed by atoms with Gasteiger partial charge < -0.3 is 23.9 Å². The van der Waals surface area contributed by atoms with Crippen LogP contribution in [0.4, 0.5) is 0 Å². The van der Waals surface area contributed by atoms with E-state index in [4.69, 9.17) is 14.2 Å². The summed E-state index contributed by atoms with van der Waals surface area (Å²) >= 11 is 0. The highest BCUT2D eigenvalue weighted by atomic mass is 16.5. The van der Waals surface area contributed by atoms with Crippen molar-refractivity contribution >= 4 is 11.6 Å². The van der Waals surface area contributed by atoms with Crippen LogP contribution in [0.1, 0.15) is 16.1 Å². The molecule has 0 aliphatic heterocycles. The second-order valence-corrected chi connectivity index (χ2v) is 6.77.